The van der Waals surface area contributed by atoms with Gasteiger partial charge in [-0.25, -0.2) is 8.78 Å². The van der Waals surface area contributed by atoms with Gasteiger partial charge in [0.25, 0.3) is 0 Å². The van der Waals surface area contributed by atoms with Gasteiger partial charge >= 0.3 is 0 Å². The van der Waals surface area contributed by atoms with E-state index in [1.165, 1.54) is 12.1 Å². The number of rotatable bonds is 5. The van der Waals surface area contributed by atoms with Crippen LogP contribution in [0, 0.1) is 17.6 Å². The highest BCUT2D eigenvalue weighted by Crippen LogP contribution is 2.24. The van der Waals surface area contributed by atoms with Gasteiger partial charge < -0.3 is 11.1 Å². The van der Waals surface area contributed by atoms with Crippen LogP contribution in [-0.2, 0) is 4.79 Å². The van der Waals surface area contributed by atoms with Gasteiger partial charge in [0.05, 0.1) is 6.04 Å². The van der Waals surface area contributed by atoms with Crippen molar-refractivity contribution in [2.45, 2.75) is 26.3 Å². The van der Waals surface area contributed by atoms with Crippen molar-refractivity contribution in [2.24, 2.45) is 11.7 Å². The molecule has 3 N–H and O–H groups in total. The van der Waals surface area contributed by atoms with Crippen molar-refractivity contribution in [2.75, 3.05) is 6.54 Å². The van der Waals surface area contributed by atoms with E-state index >= 15 is 0 Å². The van der Waals surface area contributed by atoms with Crippen molar-refractivity contribution >= 4 is 18.3 Å². The maximum absolute atomic E-state index is 13.7. The molecule has 0 heterocycles. The van der Waals surface area contributed by atoms with Crippen molar-refractivity contribution in [3.8, 4) is 0 Å². The van der Waals surface area contributed by atoms with Gasteiger partial charge in [-0.15, -0.1) is 12.4 Å². The van der Waals surface area contributed by atoms with Crippen LogP contribution in [0.1, 0.15) is 31.9 Å². The van der Waals surface area contributed by atoms with Gasteiger partial charge in [-0.3, -0.25) is 4.79 Å². The molecule has 0 fully saturated rings. The number of amides is 1. The van der Waals surface area contributed by atoms with E-state index < -0.39 is 17.7 Å². The summed E-state index contributed by atoms with van der Waals surface area (Å²) in [6.45, 7) is 3.95. The third-order valence-corrected chi connectivity index (χ3v) is 2.65. The number of nitrogens with two attached hydrogens (primary N) is 1. The van der Waals surface area contributed by atoms with Crippen molar-refractivity contribution in [1.82, 2.24) is 5.32 Å². The first-order chi connectivity index (χ1) is 8.45. The number of nitrogens with one attached hydrogen (secondary N) is 1. The number of benzene rings is 1. The number of carbonyl (C=O) groups is 1. The second kappa shape index (κ2) is 8.07. The number of hydrogen-bond donors (Lipinski definition) is 2. The highest BCUT2D eigenvalue weighted by Gasteiger charge is 2.21. The minimum atomic E-state index is -0.651. The predicted octanol–water partition coefficient (Wildman–Crippen LogP) is 2.55. The van der Waals surface area contributed by atoms with E-state index in [9.17, 15) is 13.6 Å². The molecule has 0 aromatic heterocycles. The Morgan fingerprint density at radius 2 is 2.00 bits per heavy atom. The Labute approximate surface area is 118 Å². The van der Waals surface area contributed by atoms with Crippen LogP contribution in [0.3, 0.4) is 0 Å². The normalized spacial score (nSPS) is 11.9. The fourth-order valence-corrected chi connectivity index (χ4v) is 1.73. The molecule has 3 nitrogen and oxygen atoms in total. The smallest absolute Gasteiger partial charge is 0.221 e. The van der Waals surface area contributed by atoms with Gasteiger partial charge in [0, 0.05) is 24.6 Å². The first-order valence-electron chi connectivity index (χ1n) is 5.90. The zero-order chi connectivity index (χ0) is 13.7. The van der Waals surface area contributed by atoms with Crippen molar-refractivity contribution in [3.05, 3.63) is 35.4 Å². The third kappa shape index (κ3) is 5.12. The lowest BCUT2D eigenvalue weighted by molar-refractivity contribution is -0.122. The lowest BCUT2D eigenvalue weighted by atomic mass is 9.95. The molecule has 1 amide bonds. The van der Waals surface area contributed by atoms with Crippen LogP contribution in [0.25, 0.3) is 0 Å². The van der Waals surface area contributed by atoms with E-state index in [4.69, 9.17) is 5.73 Å². The molecular weight excluding hydrogens is 274 g/mol. The van der Waals surface area contributed by atoms with Crippen LogP contribution in [0.15, 0.2) is 18.2 Å². The first-order valence-corrected chi connectivity index (χ1v) is 5.90. The zero-order valence-corrected chi connectivity index (χ0v) is 11.8. The Balaban J connectivity index is 0.00000324. The molecule has 0 aliphatic rings. The molecule has 0 saturated carbocycles. The van der Waals surface area contributed by atoms with Gasteiger partial charge in [0.2, 0.25) is 5.91 Å². The fraction of sp³-hybridized carbons (Fsp3) is 0.462. The average Bonchev–Trinajstić information content (AvgIpc) is 2.27. The van der Waals surface area contributed by atoms with Crippen LogP contribution >= 0.6 is 12.4 Å². The minimum Gasteiger partial charge on any atom is -0.349 e. The molecule has 1 atom stereocenters. The number of hydrogen-bond acceptors (Lipinski definition) is 2. The molecule has 0 spiro atoms. The van der Waals surface area contributed by atoms with Gasteiger partial charge in [0.1, 0.15) is 11.6 Å². The Kier molecular flexibility index (Phi) is 7.56. The van der Waals surface area contributed by atoms with Crippen LogP contribution in [0.2, 0.25) is 0 Å². The summed E-state index contributed by atoms with van der Waals surface area (Å²) in [6.07, 6.45) is 0.187. The van der Waals surface area contributed by atoms with Gasteiger partial charge in [0.15, 0.2) is 0 Å². The summed E-state index contributed by atoms with van der Waals surface area (Å²) in [5.41, 5.74) is 5.57. The molecule has 0 saturated heterocycles. The Hall–Kier alpha value is -1.20. The molecule has 1 unspecified atom stereocenters. The third-order valence-electron chi connectivity index (χ3n) is 2.65. The Morgan fingerprint density at radius 1 is 1.37 bits per heavy atom. The SMILES string of the molecule is CC(C)C(NC(=O)CCN)c1ccc(F)cc1F.Cl. The number of carbonyl (C=O) groups excluding carboxylic acids is 1. The summed E-state index contributed by atoms with van der Waals surface area (Å²) in [5, 5.41) is 2.71. The molecule has 0 aliphatic carbocycles. The summed E-state index contributed by atoms with van der Waals surface area (Å²) < 4.78 is 26.5. The maximum Gasteiger partial charge on any atom is 0.221 e. The van der Waals surface area contributed by atoms with Crippen molar-refractivity contribution in [3.63, 3.8) is 0 Å². The van der Waals surface area contributed by atoms with Gasteiger partial charge in [-0.1, -0.05) is 19.9 Å². The summed E-state index contributed by atoms with van der Waals surface area (Å²) in [7, 11) is 0. The lowest BCUT2D eigenvalue weighted by Crippen LogP contribution is -2.33. The summed E-state index contributed by atoms with van der Waals surface area (Å²) >= 11 is 0. The standard InChI is InChI=1S/C13H18F2N2O.ClH/c1-8(2)13(17-12(18)5-6-16)10-4-3-9(14)7-11(10)15;/h3-4,7-8,13H,5-6,16H2,1-2H3,(H,17,18);1H. The highest BCUT2D eigenvalue weighted by atomic mass is 35.5. The highest BCUT2D eigenvalue weighted by molar-refractivity contribution is 5.85. The molecule has 108 valence electrons. The van der Waals surface area contributed by atoms with Crippen LogP contribution in [-0.4, -0.2) is 12.5 Å². The van der Waals surface area contributed by atoms with E-state index in [0.717, 1.165) is 6.07 Å². The van der Waals surface area contributed by atoms with Crippen LogP contribution in [0.4, 0.5) is 8.78 Å². The van der Waals surface area contributed by atoms with Crippen molar-refractivity contribution < 1.29 is 13.6 Å². The Morgan fingerprint density at radius 3 is 2.47 bits per heavy atom. The zero-order valence-electron chi connectivity index (χ0n) is 11.0. The molecule has 6 heteroatoms. The van der Waals surface area contributed by atoms with E-state index in [-0.39, 0.29) is 42.8 Å². The van der Waals surface area contributed by atoms with Crippen LogP contribution in [0.5, 0.6) is 0 Å². The fourth-order valence-electron chi connectivity index (χ4n) is 1.73. The van der Waals surface area contributed by atoms with Gasteiger partial charge in [-0.05, 0) is 12.0 Å². The molecular formula is C13H19ClF2N2O. The molecule has 19 heavy (non-hydrogen) atoms. The largest absolute Gasteiger partial charge is 0.349 e. The first kappa shape index (κ1) is 17.8. The molecule has 1 rings (SSSR count). The maximum atomic E-state index is 13.7. The van der Waals surface area contributed by atoms with E-state index in [0.29, 0.717) is 0 Å². The molecule has 1 aromatic carbocycles. The van der Waals surface area contributed by atoms with E-state index in [1.54, 1.807) is 0 Å². The number of halogens is 3. The molecule has 0 aliphatic heterocycles. The second-order valence-corrected chi connectivity index (χ2v) is 4.49. The topological polar surface area (TPSA) is 55.1 Å². The minimum absolute atomic E-state index is 0. The molecule has 0 bridgehead atoms. The summed E-state index contributed by atoms with van der Waals surface area (Å²) in [5.74, 6) is -1.53. The molecule has 0 radical (unpaired) electrons. The monoisotopic (exact) mass is 292 g/mol. The van der Waals surface area contributed by atoms with Crippen molar-refractivity contribution in [1.29, 1.82) is 0 Å². The quantitative estimate of drug-likeness (QED) is 0.876. The second-order valence-electron chi connectivity index (χ2n) is 4.49. The lowest BCUT2D eigenvalue weighted by Gasteiger charge is -2.23. The summed E-state index contributed by atoms with van der Waals surface area (Å²) in [6, 6.07) is 2.88. The molecule has 1 aromatic rings. The van der Waals surface area contributed by atoms with Crippen LogP contribution < -0.4 is 11.1 Å². The van der Waals surface area contributed by atoms with Gasteiger partial charge in [-0.2, -0.15) is 0 Å². The van der Waals surface area contributed by atoms with E-state index in [1.807, 2.05) is 13.8 Å². The van der Waals surface area contributed by atoms with E-state index in [2.05, 4.69) is 5.32 Å². The average molecular weight is 293 g/mol. The summed E-state index contributed by atoms with van der Waals surface area (Å²) in [4.78, 5) is 11.5. The Bertz CT molecular complexity index is 427. The predicted molar refractivity (Wildman–Crippen MR) is 73.0 cm³/mol.